The maximum Gasteiger partial charge on any atom is 0.333 e. The van der Waals surface area contributed by atoms with E-state index >= 15 is 0 Å². The van der Waals surface area contributed by atoms with Crippen LogP contribution >= 0.6 is 0 Å². The van der Waals surface area contributed by atoms with Crippen LogP contribution in [-0.4, -0.2) is 86.8 Å². The first-order valence-corrected chi connectivity index (χ1v) is 15.6. The minimum atomic E-state index is -1.66. The molecule has 4 fully saturated rings. The first-order chi connectivity index (χ1) is 21.0. The summed E-state index contributed by atoms with van der Waals surface area (Å²) in [5.74, 6) is -2.05. The van der Waals surface area contributed by atoms with Crippen LogP contribution < -0.4 is 0 Å². The van der Waals surface area contributed by atoms with Gasteiger partial charge in [0.15, 0.2) is 11.9 Å². The Morgan fingerprint density at radius 1 is 1.09 bits per heavy atom. The first kappa shape index (κ1) is 32.2. The summed E-state index contributed by atoms with van der Waals surface area (Å²) >= 11 is 0. The smallest absolute Gasteiger partial charge is 0.333 e. The van der Waals surface area contributed by atoms with Crippen molar-refractivity contribution in [3.63, 3.8) is 0 Å². The van der Waals surface area contributed by atoms with Gasteiger partial charge in [0.05, 0.1) is 41.9 Å². The topological polar surface area (TPSA) is 161 Å². The minimum absolute atomic E-state index is 0.00635. The van der Waals surface area contributed by atoms with E-state index in [0.29, 0.717) is 22.3 Å². The lowest BCUT2D eigenvalue weighted by molar-refractivity contribution is -0.401. The van der Waals surface area contributed by atoms with Crippen LogP contribution in [0.25, 0.3) is 0 Å². The van der Waals surface area contributed by atoms with Gasteiger partial charge in [-0.05, 0) is 64.3 Å². The molecule has 0 aromatic heterocycles. The molecule has 246 valence electrons. The van der Waals surface area contributed by atoms with Crippen LogP contribution in [0.4, 0.5) is 0 Å². The van der Waals surface area contributed by atoms with Gasteiger partial charge in [-0.3, -0.25) is 4.79 Å². The maximum absolute atomic E-state index is 13.7. The van der Waals surface area contributed by atoms with E-state index in [1.807, 2.05) is 6.92 Å². The molecule has 2 saturated carbocycles. The Morgan fingerprint density at radius 2 is 1.76 bits per heavy atom. The molecule has 1 aromatic rings. The van der Waals surface area contributed by atoms with Crippen molar-refractivity contribution in [1.82, 2.24) is 0 Å². The number of hydrogen-bond acceptors (Lipinski definition) is 11. The highest BCUT2D eigenvalue weighted by molar-refractivity contribution is 5.88. The molecule has 5 aliphatic rings. The number of aliphatic hydroxyl groups is 3. The summed E-state index contributed by atoms with van der Waals surface area (Å²) in [4.78, 5) is 26.5. The van der Waals surface area contributed by atoms with Crippen molar-refractivity contribution in [3.05, 3.63) is 52.6 Å². The van der Waals surface area contributed by atoms with Crippen LogP contribution in [0.15, 0.2) is 47.1 Å². The largest absolute Gasteiger partial charge is 0.508 e. The van der Waals surface area contributed by atoms with E-state index < -0.39 is 82.8 Å². The molecule has 1 aromatic carbocycles. The van der Waals surface area contributed by atoms with Gasteiger partial charge in [0, 0.05) is 29.9 Å². The summed E-state index contributed by atoms with van der Waals surface area (Å²) in [6.45, 7) is 11.4. The van der Waals surface area contributed by atoms with Crippen molar-refractivity contribution < 1.29 is 53.7 Å². The number of aromatic hydroxyl groups is 1. The quantitative estimate of drug-likeness (QED) is 0.216. The van der Waals surface area contributed by atoms with Crippen molar-refractivity contribution in [2.75, 3.05) is 6.61 Å². The summed E-state index contributed by atoms with van der Waals surface area (Å²) in [6.07, 6.45) is -5.13. The highest BCUT2D eigenvalue weighted by atomic mass is 16.7. The van der Waals surface area contributed by atoms with Gasteiger partial charge in [0.1, 0.15) is 24.1 Å². The number of carbonyl (C=O) groups excluding carboxylic acids is 2. The Kier molecular flexibility index (Phi) is 7.58. The van der Waals surface area contributed by atoms with Crippen molar-refractivity contribution in [3.8, 4) is 5.75 Å². The fourth-order valence-electron chi connectivity index (χ4n) is 9.06. The van der Waals surface area contributed by atoms with Crippen LogP contribution in [0.1, 0.15) is 73.2 Å². The molecule has 2 aliphatic heterocycles. The van der Waals surface area contributed by atoms with Gasteiger partial charge in [-0.2, -0.15) is 0 Å². The number of esters is 2. The van der Waals surface area contributed by atoms with Gasteiger partial charge in [-0.15, -0.1) is 0 Å². The van der Waals surface area contributed by atoms with E-state index in [4.69, 9.17) is 23.7 Å². The number of ether oxygens (including phenoxy) is 5. The predicted molar refractivity (Wildman–Crippen MR) is 158 cm³/mol. The Morgan fingerprint density at radius 3 is 2.31 bits per heavy atom. The zero-order chi connectivity index (χ0) is 32.9. The summed E-state index contributed by atoms with van der Waals surface area (Å²) in [5, 5.41) is 46.1. The van der Waals surface area contributed by atoms with Crippen molar-refractivity contribution >= 4 is 11.9 Å². The number of rotatable bonds is 5. The second-order valence-electron chi connectivity index (χ2n) is 14.1. The molecule has 0 amide bonds. The van der Waals surface area contributed by atoms with Crippen LogP contribution in [0.2, 0.25) is 0 Å². The van der Waals surface area contributed by atoms with Crippen LogP contribution in [-0.2, 0) is 33.3 Å². The fourth-order valence-corrected chi connectivity index (χ4v) is 9.06. The first-order valence-electron chi connectivity index (χ1n) is 15.6. The summed E-state index contributed by atoms with van der Waals surface area (Å²) in [7, 11) is 0. The van der Waals surface area contributed by atoms with Crippen molar-refractivity contribution in [1.29, 1.82) is 0 Å². The van der Waals surface area contributed by atoms with Gasteiger partial charge >= 0.3 is 11.9 Å². The number of benzene rings is 1. The molecule has 0 bridgehead atoms. The Labute approximate surface area is 262 Å². The summed E-state index contributed by atoms with van der Waals surface area (Å²) in [6, 6.07) is 6.37. The third-order valence-electron chi connectivity index (χ3n) is 11.4. The second-order valence-corrected chi connectivity index (χ2v) is 14.1. The second kappa shape index (κ2) is 10.6. The van der Waals surface area contributed by atoms with E-state index in [1.54, 1.807) is 52.8 Å². The zero-order valence-corrected chi connectivity index (χ0v) is 26.8. The molecule has 0 spiro atoms. The molecular weight excluding hydrogens is 584 g/mol. The highest BCUT2D eigenvalue weighted by Gasteiger charge is 2.80. The Hall–Kier alpha value is -2.80. The van der Waals surface area contributed by atoms with Gasteiger partial charge in [-0.25, -0.2) is 4.79 Å². The number of allylic oxidation sites excluding steroid dienone is 1. The molecular formula is C34H44O11. The molecule has 1 unspecified atom stereocenters. The lowest BCUT2D eigenvalue weighted by Crippen LogP contribution is -2.80. The monoisotopic (exact) mass is 628 g/mol. The molecule has 11 atom stereocenters. The average molecular weight is 629 g/mol. The van der Waals surface area contributed by atoms with Crippen molar-refractivity contribution in [2.24, 2.45) is 16.7 Å². The average Bonchev–Trinajstić information content (AvgIpc) is 3.21. The third kappa shape index (κ3) is 4.38. The van der Waals surface area contributed by atoms with Crippen LogP contribution in [0, 0.1) is 16.7 Å². The molecule has 6 rings (SSSR count). The molecule has 11 nitrogen and oxygen atoms in total. The minimum Gasteiger partial charge on any atom is -0.508 e. The Bertz CT molecular complexity index is 1440. The van der Waals surface area contributed by atoms with Crippen LogP contribution in [0.5, 0.6) is 5.75 Å². The molecule has 0 radical (unpaired) electrons. The van der Waals surface area contributed by atoms with E-state index in [0.717, 1.165) is 0 Å². The van der Waals surface area contributed by atoms with E-state index in [2.05, 4.69) is 0 Å². The molecule has 3 aliphatic carbocycles. The van der Waals surface area contributed by atoms with E-state index in [1.165, 1.54) is 19.1 Å². The number of aliphatic hydroxyl groups excluding tert-OH is 2. The molecule has 11 heteroatoms. The Balaban J connectivity index is 1.65. The normalized spacial score (nSPS) is 42.5. The fraction of sp³-hybridized carbons (Fsp3) is 0.647. The molecule has 4 N–H and O–H groups in total. The van der Waals surface area contributed by atoms with Gasteiger partial charge in [0.25, 0.3) is 0 Å². The van der Waals surface area contributed by atoms with E-state index in [9.17, 15) is 30.0 Å². The SMILES string of the molecule is CC=C(C)C(=O)OC1[C@@H]2[C@]3(OC(C)=O)CO[C@@H]3C[C@@H]3O[C@H](c4ccc(O)cc4)O[C@@H]([C@H](O)C4=C(C)[C@@H](O)C[C@]41C(C)(C)O)[C@]32C. The number of carbonyl (C=O) groups is 2. The highest BCUT2D eigenvalue weighted by Crippen LogP contribution is 2.70. The number of hydrogen-bond donors (Lipinski definition) is 4. The standard InChI is InChI=1S/C34H44O11/c1-8-16(2)29(39)43-28-26-32(7)22(13-23-34(26,15-41-23)45-18(4)35)42-30(19-9-11-20(36)12-10-19)44-27(32)25(38)24-17(3)21(37)14-33(24,28)31(5,6)40/h8-12,21-23,25-28,30,36-38,40H,13-15H2,1-7H3/t21-,22-,23+,25+,26-,27-,28?,30-,32+,33-,34-/m0/s1. The van der Waals surface area contributed by atoms with Gasteiger partial charge in [-0.1, -0.05) is 25.1 Å². The number of fused-ring (bicyclic) bond motifs is 3. The molecule has 45 heavy (non-hydrogen) atoms. The third-order valence-corrected chi connectivity index (χ3v) is 11.4. The zero-order valence-electron chi connectivity index (χ0n) is 26.8. The van der Waals surface area contributed by atoms with Gasteiger partial charge in [0.2, 0.25) is 0 Å². The summed E-state index contributed by atoms with van der Waals surface area (Å²) < 4.78 is 32.1. The lowest BCUT2D eigenvalue weighted by atomic mass is 9.49. The molecule has 2 saturated heterocycles. The number of phenols is 1. The van der Waals surface area contributed by atoms with Crippen LogP contribution in [0.3, 0.4) is 0 Å². The maximum atomic E-state index is 13.7. The summed E-state index contributed by atoms with van der Waals surface area (Å²) in [5.41, 5.74) is -3.97. The number of phenolic OH excluding ortho intramolecular Hbond substituents is 1. The lowest BCUT2D eigenvalue weighted by Gasteiger charge is -2.67. The predicted octanol–water partition coefficient (Wildman–Crippen LogP) is 2.99. The van der Waals surface area contributed by atoms with Gasteiger partial charge < -0.3 is 44.1 Å². The van der Waals surface area contributed by atoms with E-state index in [-0.39, 0.29) is 25.2 Å². The molecule has 2 heterocycles. The van der Waals surface area contributed by atoms with Crippen molar-refractivity contribution in [2.45, 2.75) is 115 Å².